The molecule has 3 amide bonds. The second-order valence-electron chi connectivity index (χ2n) is 11.4. The average molecular weight is 541 g/mol. The second kappa shape index (κ2) is 12.0. The maximum atomic E-state index is 13.3. The van der Waals surface area contributed by atoms with Gasteiger partial charge in [0, 0.05) is 0 Å². The maximum absolute atomic E-state index is 13.3. The highest BCUT2D eigenvalue weighted by atomic mass is 32.2. The quantitative estimate of drug-likeness (QED) is 0.335. The lowest BCUT2D eigenvalue weighted by Crippen LogP contribution is -2.43. The fourth-order valence-electron chi connectivity index (χ4n) is 2.63. The molecule has 0 aliphatic carbocycles. The van der Waals surface area contributed by atoms with Crippen LogP contribution in [0, 0.1) is 6.92 Å². The van der Waals surface area contributed by atoms with Gasteiger partial charge in [-0.25, -0.2) is 27.7 Å². The van der Waals surface area contributed by atoms with Crippen LogP contribution in [0.2, 0.25) is 0 Å². The summed E-state index contributed by atoms with van der Waals surface area (Å²) >= 11 is 0. The van der Waals surface area contributed by atoms with Gasteiger partial charge in [-0.2, -0.15) is 4.31 Å². The summed E-state index contributed by atoms with van der Waals surface area (Å²) in [4.78, 5) is 38.8. The number of rotatable bonds is 6. The molecular weight excluding hydrogens is 500 g/mol. The fourth-order valence-corrected chi connectivity index (χ4v) is 3.88. The molecule has 208 valence electrons. The summed E-state index contributed by atoms with van der Waals surface area (Å²) in [7, 11) is -4.26. The largest absolute Gasteiger partial charge is 0.443 e. The first-order valence-electron chi connectivity index (χ1n) is 11.8. The monoisotopic (exact) mass is 540 g/mol. The van der Waals surface area contributed by atoms with E-state index in [-0.39, 0.29) is 11.4 Å². The van der Waals surface area contributed by atoms with Crippen molar-refractivity contribution in [2.45, 2.75) is 90.9 Å². The molecule has 0 heterocycles. The molecule has 0 aliphatic heterocycles. The lowest BCUT2D eigenvalue weighted by molar-refractivity contribution is 0.00359. The molecular formula is C26H40N2O8S. The molecule has 10 nitrogen and oxygen atoms in total. The normalized spacial score (nSPS) is 12.7. The van der Waals surface area contributed by atoms with E-state index in [0.717, 1.165) is 10.5 Å². The topological polar surface area (TPSA) is 120 Å². The first kappa shape index (κ1) is 31.9. The van der Waals surface area contributed by atoms with Gasteiger partial charge in [0.05, 0.1) is 18.0 Å². The lowest BCUT2D eigenvalue weighted by atomic mass is 10.2. The Labute approximate surface area is 220 Å². The van der Waals surface area contributed by atoms with Crippen LogP contribution in [0.5, 0.6) is 0 Å². The van der Waals surface area contributed by atoms with Crippen molar-refractivity contribution in [2.24, 2.45) is 0 Å². The highest BCUT2D eigenvalue weighted by molar-refractivity contribution is 7.89. The van der Waals surface area contributed by atoms with Crippen LogP contribution in [0.25, 0.3) is 0 Å². The number of carbonyl (C=O) groups excluding carboxylic acids is 3. The van der Waals surface area contributed by atoms with E-state index in [4.69, 9.17) is 14.2 Å². The van der Waals surface area contributed by atoms with Crippen molar-refractivity contribution in [3.63, 3.8) is 0 Å². The molecule has 1 aromatic rings. The molecule has 37 heavy (non-hydrogen) atoms. The van der Waals surface area contributed by atoms with Gasteiger partial charge in [-0.1, -0.05) is 29.8 Å². The maximum Gasteiger partial charge on any atom is 0.424 e. The molecule has 0 spiro atoms. The van der Waals surface area contributed by atoms with Crippen LogP contribution in [-0.4, -0.2) is 65.8 Å². The van der Waals surface area contributed by atoms with E-state index in [2.05, 4.69) is 0 Å². The number of carbonyl (C=O) groups is 3. The van der Waals surface area contributed by atoms with E-state index in [1.54, 1.807) is 74.4 Å². The Morgan fingerprint density at radius 1 is 0.703 bits per heavy atom. The van der Waals surface area contributed by atoms with Gasteiger partial charge in [-0.05, 0) is 81.4 Å². The van der Waals surface area contributed by atoms with Crippen LogP contribution in [0.1, 0.15) is 67.9 Å². The number of aryl methyl sites for hydroxylation is 1. The molecule has 0 saturated heterocycles. The standard InChI is InChI=1S/C26H40N2O8S/c1-19-13-15-20(16-14-19)37(32,33)28(23(31)36-26(8,9)10)18-12-11-17-27(21(29)34-24(2,3)4)22(30)35-25(5,6)7/h11-16H,17-18H2,1-10H3/b12-11+. The fraction of sp³-hybridized carbons (Fsp3) is 0.577. The zero-order valence-corrected chi connectivity index (χ0v) is 24.3. The Bertz CT molecular complexity index is 1060. The minimum atomic E-state index is -4.26. The van der Waals surface area contributed by atoms with E-state index in [0.29, 0.717) is 4.31 Å². The summed E-state index contributed by atoms with van der Waals surface area (Å²) in [5.41, 5.74) is -1.81. The number of imide groups is 1. The van der Waals surface area contributed by atoms with Crippen molar-refractivity contribution in [3.05, 3.63) is 42.0 Å². The number of hydrogen-bond donors (Lipinski definition) is 0. The minimum absolute atomic E-state index is 0.0819. The number of hydrogen-bond acceptors (Lipinski definition) is 8. The molecule has 0 aliphatic rings. The van der Waals surface area contributed by atoms with Gasteiger partial charge in [0.25, 0.3) is 10.0 Å². The van der Waals surface area contributed by atoms with Crippen molar-refractivity contribution in [2.75, 3.05) is 13.1 Å². The number of sulfonamides is 1. The number of nitrogens with zero attached hydrogens (tertiary/aromatic N) is 2. The predicted octanol–water partition coefficient (Wildman–Crippen LogP) is 5.65. The smallest absolute Gasteiger partial charge is 0.424 e. The van der Waals surface area contributed by atoms with E-state index < -0.39 is 51.7 Å². The molecule has 0 radical (unpaired) electrons. The molecule has 1 rings (SSSR count). The van der Waals surface area contributed by atoms with Crippen LogP contribution >= 0.6 is 0 Å². The molecule has 0 saturated carbocycles. The van der Waals surface area contributed by atoms with Crippen molar-refractivity contribution >= 4 is 28.3 Å². The highest BCUT2D eigenvalue weighted by Gasteiger charge is 2.33. The third kappa shape index (κ3) is 11.2. The summed E-state index contributed by atoms with van der Waals surface area (Å²) in [6, 6.07) is 6.04. The highest BCUT2D eigenvalue weighted by Crippen LogP contribution is 2.20. The molecule has 0 N–H and O–H groups in total. The van der Waals surface area contributed by atoms with Crippen LogP contribution in [-0.2, 0) is 24.2 Å². The Morgan fingerprint density at radius 2 is 1.08 bits per heavy atom. The van der Waals surface area contributed by atoms with E-state index >= 15 is 0 Å². The van der Waals surface area contributed by atoms with Crippen LogP contribution in [0.15, 0.2) is 41.3 Å². The summed E-state index contributed by atoms with van der Waals surface area (Å²) in [5, 5.41) is 0. The van der Waals surface area contributed by atoms with Gasteiger partial charge >= 0.3 is 18.3 Å². The lowest BCUT2D eigenvalue weighted by Gasteiger charge is -2.28. The van der Waals surface area contributed by atoms with Crippen molar-refractivity contribution in [1.29, 1.82) is 0 Å². The minimum Gasteiger partial charge on any atom is -0.443 e. The molecule has 0 unspecified atom stereocenters. The zero-order chi connectivity index (χ0) is 28.8. The summed E-state index contributed by atoms with van der Waals surface area (Å²) < 4.78 is 43.0. The van der Waals surface area contributed by atoms with Gasteiger partial charge in [-0.3, -0.25) is 0 Å². The third-order valence-electron chi connectivity index (χ3n) is 4.16. The van der Waals surface area contributed by atoms with E-state index in [1.807, 2.05) is 6.92 Å². The number of ether oxygens (including phenoxy) is 3. The first-order chi connectivity index (χ1) is 16.6. The molecule has 0 aromatic heterocycles. The Balaban J connectivity index is 3.22. The van der Waals surface area contributed by atoms with Crippen molar-refractivity contribution in [1.82, 2.24) is 9.21 Å². The second-order valence-corrected chi connectivity index (χ2v) is 13.2. The van der Waals surface area contributed by atoms with Gasteiger partial charge < -0.3 is 14.2 Å². The van der Waals surface area contributed by atoms with Crippen LogP contribution in [0.3, 0.4) is 0 Å². The van der Waals surface area contributed by atoms with Gasteiger partial charge in [-0.15, -0.1) is 0 Å². The van der Waals surface area contributed by atoms with Gasteiger partial charge in [0.15, 0.2) is 0 Å². The number of benzene rings is 1. The average Bonchev–Trinajstić information content (AvgIpc) is 2.66. The van der Waals surface area contributed by atoms with Crippen molar-refractivity contribution in [3.8, 4) is 0 Å². The summed E-state index contributed by atoms with van der Waals surface area (Å²) in [5.74, 6) is 0. The number of amides is 3. The molecule has 0 atom stereocenters. The Hall–Kier alpha value is -3.08. The molecule has 11 heteroatoms. The molecule has 0 fully saturated rings. The molecule has 0 bridgehead atoms. The van der Waals surface area contributed by atoms with E-state index in [9.17, 15) is 22.8 Å². The van der Waals surface area contributed by atoms with Crippen LogP contribution in [0.4, 0.5) is 14.4 Å². The first-order valence-corrected chi connectivity index (χ1v) is 13.3. The third-order valence-corrected chi connectivity index (χ3v) is 5.91. The molecule has 1 aromatic carbocycles. The van der Waals surface area contributed by atoms with Gasteiger partial charge in [0.2, 0.25) is 0 Å². The summed E-state index contributed by atoms with van der Waals surface area (Å²) in [6.45, 7) is 15.9. The Morgan fingerprint density at radius 3 is 1.49 bits per heavy atom. The van der Waals surface area contributed by atoms with Gasteiger partial charge in [0.1, 0.15) is 16.8 Å². The Kier molecular flexibility index (Phi) is 10.3. The summed E-state index contributed by atoms with van der Waals surface area (Å²) in [6.07, 6.45) is -0.202. The SMILES string of the molecule is Cc1ccc(S(=O)(=O)N(C/C=C/CN(C(=O)OC(C)(C)C)C(=O)OC(C)(C)C)C(=O)OC(C)(C)C)cc1. The zero-order valence-electron chi connectivity index (χ0n) is 23.4. The van der Waals surface area contributed by atoms with Crippen molar-refractivity contribution < 1.29 is 37.0 Å². The van der Waals surface area contributed by atoms with E-state index in [1.165, 1.54) is 24.3 Å². The van der Waals surface area contributed by atoms with Crippen LogP contribution < -0.4 is 0 Å². The predicted molar refractivity (Wildman–Crippen MR) is 140 cm³/mol.